The molecule has 0 atom stereocenters. The monoisotopic (exact) mass is 464 g/mol. The molecule has 0 unspecified atom stereocenters. The van der Waals surface area contributed by atoms with Gasteiger partial charge in [-0.25, -0.2) is 4.98 Å². The summed E-state index contributed by atoms with van der Waals surface area (Å²) in [5.41, 5.74) is 6.36. The summed E-state index contributed by atoms with van der Waals surface area (Å²) in [6, 6.07) is 14.3. The molecule has 2 aromatic carbocycles. The summed E-state index contributed by atoms with van der Waals surface area (Å²) in [7, 11) is 0. The van der Waals surface area contributed by atoms with E-state index >= 15 is 0 Å². The lowest BCUT2D eigenvalue weighted by Gasteiger charge is -2.06. The van der Waals surface area contributed by atoms with Gasteiger partial charge in [0.1, 0.15) is 0 Å². The number of thiazole rings is 1. The quantitative estimate of drug-likeness (QED) is 0.323. The summed E-state index contributed by atoms with van der Waals surface area (Å²) in [6.45, 7) is 6.09. The average molecular weight is 465 g/mol. The molecule has 2 heterocycles. The maximum absolute atomic E-state index is 12.3. The van der Waals surface area contributed by atoms with E-state index in [1.54, 1.807) is 23.1 Å². The SMILES string of the molecule is Cc1ccc(-c2csc(SCc3noc(CCC(=O)Nc4cc(C)cc(C)c4)n3)n2)cc1. The van der Waals surface area contributed by atoms with Crippen molar-refractivity contribution >= 4 is 34.7 Å². The molecule has 0 spiro atoms. The van der Waals surface area contributed by atoms with Crippen LogP contribution in [0.3, 0.4) is 0 Å². The third kappa shape index (κ3) is 6.05. The van der Waals surface area contributed by atoms with E-state index in [0.717, 1.165) is 32.4 Å². The molecule has 8 heteroatoms. The van der Waals surface area contributed by atoms with Crippen molar-refractivity contribution in [3.63, 3.8) is 0 Å². The van der Waals surface area contributed by atoms with E-state index in [-0.39, 0.29) is 12.3 Å². The fourth-order valence-electron chi connectivity index (χ4n) is 3.25. The van der Waals surface area contributed by atoms with Crippen LogP contribution in [0.2, 0.25) is 0 Å². The van der Waals surface area contributed by atoms with E-state index in [2.05, 4.69) is 63.1 Å². The van der Waals surface area contributed by atoms with Gasteiger partial charge in [-0.1, -0.05) is 52.8 Å². The molecule has 164 valence electrons. The summed E-state index contributed by atoms with van der Waals surface area (Å²) >= 11 is 3.18. The van der Waals surface area contributed by atoms with E-state index in [1.165, 1.54) is 5.56 Å². The molecule has 0 aliphatic carbocycles. The number of nitrogens with one attached hydrogen (secondary N) is 1. The number of hydrogen-bond acceptors (Lipinski definition) is 7. The number of nitrogens with zero attached hydrogens (tertiary/aromatic N) is 3. The Bertz CT molecular complexity index is 1190. The van der Waals surface area contributed by atoms with Gasteiger partial charge < -0.3 is 9.84 Å². The van der Waals surface area contributed by atoms with Gasteiger partial charge in [0.25, 0.3) is 0 Å². The third-order valence-corrected chi connectivity index (χ3v) is 6.75. The predicted molar refractivity (Wildman–Crippen MR) is 129 cm³/mol. The van der Waals surface area contributed by atoms with Gasteiger partial charge in [-0.2, -0.15) is 4.98 Å². The van der Waals surface area contributed by atoms with E-state index in [0.29, 0.717) is 23.9 Å². The Morgan fingerprint density at radius 3 is 2.53 bits per heavy atom. The Labute approximate surface area is 195 Å². The smallest absolute Gasteiger partial charge is 0.227 e. The van der Waals surface area contributed by atoms with Crippen LogP contribution in [-0.2, 0) is 17.0 Å². The molecule has 0 saturated carbocycles. The Hall–Kier alpha value is -2.97. The number of thioether (sulfide) groups is 1. The number of carbonyl (C=O) groups is 1. The molecule has 32 heavy (non-hydrogen) atoms. The van der Waals surface area contributed by atoms with Crippen molar-refractivity contribution in [3.8, 4) is 11.3 Å². The van der Waals surface area contributed by atoms with Crippen molar-refractivity contribution in [1.29, 1.82) is 0 Å². The molecule has 6 nitrogen and oxygen atoms in total. The maximum Gasteiger partial charge on any atom is 0.227 e. The Kier molecular flexibility index (Phi) is 7.02. The summed E-state index contributed by atoms with van der Waals surface area (Å²) in [6.07, 6.45) is 0.692. The maximum atomic E-state index is 12.3. The molecule has 0 bridgehead atoms. The van der Waals surface area contributed by atoms with Crippen LogP contribution in [0.4, 0.5) is 5.69 Å². The van der Waals surface area contributed by atoms with Gasteiger partial charge >= 0.3 is 0 Å². The highest BCUT2D eigenvalue weighted by atomic mass is 32.2. The topological polar surface area (TPSA) is 80.9 Å². The van der Waals surface area contributed by atoms with Crippen LogP contribution in [-0.4, -0.2) is 21.0 Å². The average Bonchev–Trinajstić information content (AvgIpc) is 3.40. The molecule has 4 aromatic rings. The minimum atomic E-state index is -0.0736. The van der Waals surface area contributed by atoms with E-state index in [4.69, 9.17) is 4.52 Å². The molecule has 4 rings (SSSR count). The zero-order valence-electron chi connectivity index (χ0n) is 18.2. The molecule has 0 radical (unpaired) electrons. The van der Waals surface area contributed by atoms with Gasteiger partial charge in [0.2, 0.25) is 11.8 Å². The third-order valence-electron chi connectivity index (χ3n) is 4.74. The first-order valence-corrected chi connectivity index (χ1v) is 12.2. The predicted octanol–water partition coefficient (Wildman–Crippen LogP) is 5.98. The van der Waals surface area contributed by atoms with Gasteiger partial charge in [0, 0.05) is 29.5 Å². The first-order valence-electron chi connectivity index (χ1n) is 10.3. The van der Waals surface area contributed by atoms with Gasteiger partial charge in [-0.05, 0) is 44.0 Å². The van der Waals surface area contributed by atoms with Gasteiger partial charge in [0.05, 0.1) is 11.4 Å². The minimum Gasteiger partial charge on any atom is -0.339 e. The summed E-state index contributed by atoms with van der Waals surface area (Å²) in [5.74, 6) is 1.57. The van der Waals surface area contributed by atoms with Crippen LogP contribution in [0, 0.1) is 20.8 Å². The summed E-state index contributed by atoms with van der Waals surface area (Å²) in [5, 5.41) is 9.01. The first kappa shape index (κ1) is 22.2. The molecule has 0 aliphatic rings. The Balaban J connectivity index is 1.26. The molecular formula is C24H24N4O2S2. The number of anilines is 1. The molecule has 0 aliphatic heterocycles. The fourth-order valence-corrected chi connectivity index (χ4v) is 4.93. The Morgan fingerprint density at radius 1 is 1.03 bits per heavy atom. The first-order chi connectivity index (χ1) is 15.4. The number of amides is 1. The van der Waals surface area contributed by atoms with Crippen LogP contribution in [0.25, 0.3) is 11.3 Å². The lowest BCUT2D eigenvalue weighted by molar-refractivity contribution is -0.116. The lowest BCUT2D eigenvalue weighted by Crippen LogP contribution is -2.12. The van der Waals surface area contributed by atoms with Crippen LogP contribution < -0.4 is 5.32 Å². The molecule has 0 fully saturated rings. The summed E-state index contributed by atoms with van der Waals surface area (Å²) < 4.78 is 6.26. The number of hydrogen-bond donors (Lipinski definition) is 1. The van der Waals surface area contributed by atoms with Crippen LogP contribution in [0.15, 0.2) is 56.7 Å². The fraction of sp³-hybridized carbons (Fsp3) is 0.250. The van der Waals surface area contributed by atoms with Gasteiger partial charge in [-0.3, -0.25) is 4.79 Å². The van der Waals surface area contributed by atoms with Crippen molar-refractivity contribution in [2.75, 3.05) is 5.32 Å². The van der Waals surface area contributed by atoms with Gasteiger partial charge in [-0.15, -0.1) is 11.3 Å². The zero-order chi connectivity index (χ0) is 22.5. The van der Waals surface area contributed by atoms with E-state index in [1.807, 2.05) is 26.0 Å². The van der Waals surface area contributed by atoms with Crippen molar-refractivity contribution in [2.24, 2.45) is 0 Å². The molecule has 0 saturated heterocycles. The second-order valence-electron chi connectivity index (χ2n) is 7.68. The second kappa shape index (κ2) is 10.1. The molecule has 2 aromatic heterocycles. The molecule has 1 N–H and O–H groups in total. The highest BCUT2D eigenvalue weighted by Gasteiger charge is 2.12. The van der Waals surface area contributed by atoms with E-state index < -0.39 is 0 Å². The van der Waals surface area contributed by atoms with E-state index in [9.17, 15) is 4.79 Å². The second-order valence-corrected chi connectivity index (χ2v) is 9.76. The van der Waals surface area contributed by atoms with Crippen molar-refractivity contribution in [2.45, 2.75) is 43.7 Å². The van der Waals surface area contributed by atoms with Crippen LogP contribution >= 0.6 is 23.1 Å². The number of rotatable bonds is 8. The highest BCUT2D eigenvalue weighted by Crippen LogP contribution is 2.30. The summed E-state index contributed by atoms with van der Waals surface area (Å²) in [4.78, 5) is 21.3. The minimum absolute atomic E-state index is 0.0736. The number of benzene rings is 2. The van der Waals surface area contributed by atoms with Crippen LogP contribution in [0.5, 0.6) is 0 Å². The lowest BCUT2D eigenvalue weighted by atomic mass is 10.1. The van der Waals surface area contributed by atoms with Crippen LogP contribution in [0.1, 0.15) is 34.8 Å². The Morgan fingerprint density at radius 2 is 1.78 bits per heavy atom. The number of aryl methyl sites for hydroxylation is 4. The molecule has 1 amide bonds. The van der Waals surface area contributed by atoms with Gasteiger partial charge in [0.15, 0.2) is 10.2 Å². The molecular weight excluding hydrogens is 440 g/mol. The number of aromatic nitrogens is 3. The normalized spacial score (nSPS) is 11.0. The zero-order valence-corrected chi connectivity index (χ0v) is 19.8. The van der Waals surface area contributed by atoms with Crippen molar-refractivity contribution in [1.82, 2.24) is 15.1 Å². The van der Waals surface area contributed by atoms with Crippen molar-refractivity contribution in [3.05, 3.63) is 76.3 Å². The standard InChI is InChI=1S/C24H24N4O2S2/c1-15-4-6-18(7-5-15)20-13-31-24(26-20)32-14-21-27-23(30-28-21)9-8-22(29)25-19-11-16(2)10-17(3)12-19/h4-7,10-13H,8-9,14H2,1-3H3,(H,25,29). The number of carbonyl (C=O) groups excluding carboxylic acids is 1. The highest BCUT2D eigenvalue weighted by molar-refractivity contribution is 8.00. The largest absolute Gasteiger partial charge is 0.339 e. The van der Waals surface area contributed by atoms with Crippen molar-refractivity contribution < 1.29 is 9.32 Å².